The van der Waals surface area contributed by atoms with E-state index in [2.05, 4.69) is 11.9 Å². The van der Waals surface area contributed by atoms with Crippen LogP contribution in [0.3, 0.4) is 0 Å². The number of carbonyl (C=O) groups excluding carboxylic acids is 1. The van der Waals surface area contributed by atoms with Crippen LogP contribution in [-0.4, -0.2) is 10.8 Å². The van der Waals surface area contributed by atoms with Crippen LogP contribution in [0.2, 0.25) is 0 Å². The van der Waals surface area contributed by atoms with Gasteiger partial charge in [-0.1, -0.05) is 25.1 Å². The van der Waals surface area contributed by atoms with Crippen LogP contribution in [0.25, 0.3) is 0 Å². The molecule has 2 nitrogen and oxygen atoms in total. The van der Waals surface area contributed by atoms with Crippen molar-refractivity contribution >= 4 is 5.78 Å². The number of nitrogens with zero attached hydrogens (tertiary/aromatic N) is 1. The molecular formula is C15H15NO. The molecule has 17 heavy (non-hydrogen) atoms. The molecule has 0 N–H and O–H groups in total. The highest BCUT2D eigenvalue weighted by atomic mass is 16.1. The Balaban J connectivity index is 2.36. The number of rotatable bonds is 3. The normalized spacial score (nSPS) is 10.2. The minimum atomic E-state index is -0.0102. The molecule has 2 rings (SSSR count). The maximum absolute atomic E-state index is 12.2. The lowest BCUT2D eigenvalue weighted by Crippen LogP contribution is -2.04. The van der Waals surface area contributed by atoms with Gasteiger partial charge in [0.1, 0.15) is 5.69 Å². The molecule has 0 spiro atoms. The van der Waals surface area contributed by atoms with Gasteiger partial charge in [-0.05, 0) is 42.7 Å². The van der Waals surface area contributed by atoms with Crippen molar-refractivity contribution in [1.82, 2.24) is 4.98 Å². The first-order valence-corrected chi connectivity index (χ1v) is 5.77. The van der Waals surface area contributed by atoms with Gasteiger partial charge in [-0.2, -0.15) is 0 Å². The van der Waals surface area contributed by atoms with E-state index < -0.39 is 0 Å². The summed E-state index contributed by atoms with van der Waals surface area (Å²) in [6.07, 6.45) is 2.61. The largest absolute Gasteiger partial charge is 0.287 e. The average Bonchev–Trinajstić information content (AvgIpc) is 2.38. The number of ketones is 1. The lowest BCUT2D eigenvalue weighted by atomic mass is 10.0. The predicted octanol–water partition coefficient (Wildman–Crippen LogP) is 3.18. The Bertz CT molecular complexity index is 546. The first-order valence-electron chi connectivity index (χ1n) is 5.77. The monoisotopic (exact) mass is 225 g/mol. The molecule has 0 atom stereocenters. The van der Waals surface area contributed by atoms with Crippen molar-refractivity contribution in [1.29, 1.82) is 0 Å². The maximum atomic E-state index is 12.2. The van der Waals surface area contributed by atoms with Crippen LogP contribution >= 0.6 is 0 Å². The van der Waals surface area contributed by atoms with E-state index in [1.54, 1.807) is 6.20 Å². The minimum absolute atomic E-state index is 0.0102. The highest BCUT2D eigenvalue weighted by Gasteiger charge is 2.10. The molecule has 0 saturated heterocycles. The van der Waals surface area contributed by atoms with Gasteiger partial charge in [0.05, 0.1) is 0 Å². The van der Waals surface area contributed by atoms with Gasteiger partial charge in [-0.15, -0.1) is 0 Å². The van der Waals surface area contributed by atoms with Gasteiger partial charge in [-0.3, -0.25) is 9.78 Å². The molecule has 1 heterocycles. The summed E-state index contributed by atoms with van der Waals surface area (Å²) in [7, 11) is 0. The minimum Gasteiger partial charge on any atom is -0.287 e. The Kier molecular flexibility index (Phi) is 3.33. The smallest absolute Gasteiger partial charge is 0.211 e. The van der Waals surface area contributed by atoms with Crippen LogP contribution in [0.5, 0.6) is 0 Å². The van der Waals surface area contributed by atoms with E-state index in [0.29, 0.717) is 11.3 Å². The number of benzene rings is 1. The maximum Gasteiger partial charge on any atom is 0.211 e. The molecule has 0 saturated carbocycles. The Labute approximate surface area is 101 Å². The van der Waals surface area contributed by atoms with Gasteiger partial charge >= 0.3 is 0 Å². The Morgan fingerprint density at radius 1 is 1.24 bits per heavy atom. The lowest BCUT2D eigenvalue weighted by Gasteiger charge is -2.03. The second-order valence-corrected chi connectivity index (χ2v) is 4.10. The molecule has 0 amide bonds. The van der Waals surface area contributed by atoms with E-state index in [1.165, 1.54) is 5.56 Å². The molecule has 2 aromatic rings. The molecule has 86 valence electrons. The van der Waals surface area contributed by atoms with E-state index in [1.807, 2.05) is 43.3 Å². The highest BCUT2D eigenvalue weighted by molar-refractivity contribution is 6.07. The molecule has 0 aliphatic heterocycles. The number of aryl methyl sites for hydroxylation is 2. The van der Waals surface area contributed by atoms with Gasteiger partial charge in [0.15, 0.2) is 0 Å². The summed E-state index contributed by atoms with van der Waals surface area (Å²) >= 11 is 0. The van der Waals surface area contributed by atoms with Crippen LogP contribution in [-0.2, 0) is 6.42 Å². The molecular weight excluding hydrogens is 210 g/mol. The summed E-state index contributed by atoms with van der Waals surface area (Å²) in [6, 6.07) is 11.4. The van der Waals surface area contributed by atoms with E-state index in [0.717, 1.165) is 12.0 Å². The topological polar surface area (TPSA) is 30.0 Å². The van der Waals surface area contributed by atoms with Crippen molar-refractivity contribution in [2.24, 2.45) is 0 Å². The first kappa shape index (κ1) is 11.5. The second kappa shape index (κ2) is 4.91. The summed E-state index contributed by atoms with van der Waals surface area (Å²) in [5.74, 6) is -0.0102. The van der Waals surface area contributed by atoms with Crippen LogP contribution in [0, 0.1) is 6.92 Å². The number of pyridine rings is 1. The summed E-state index contributed by atoms with van der Waals surface area (Å²) in [5, 5.41) is 0. The SMILES string of the molecule is CCc1cccc(C(=O)c2cc(C)ccn2)c1. The molecule has 0 unspecified atom stereocenters. The van der Waals surface area contributed by atoms with Crippen molar-refractivity contribution < 1.29 is 4.79 Å². The molecule has 0 bridgehead atoms. The molecule has 1 aromatic carbocycles. The van der Waals surface area contributed by atoms with E-state index in [-0.39, 0.29) is 5.78 Å². The third kappa shape index (κ3) is 2.59. The zero-order valence-corrected chi connectivity index (χ0v) is 10.1. The molecule has 0 radical (unpaired) electrons. The number of carbonyl (C=O) groups is 1. The first-order chi connectivity index (χ1) is 8.20. The quantitative estimate of drug-likeness (QED) is 0.751. The molecule has 2 heteroatoms. The molecule has 0 aliphatic carbocycles. The fourth-order valence-corrected chi connectivity index (χ4v) is 1.74. The Hall–Kier alpha value is -1.96. The lowest BCUT2D eigenvalue weighted by molar-refractivity contribution is 0.103. The standard InChI is InChI=1S/C15H15NO/c1-3-12-5-4-6-13(10-12)15(17)14-9-11(2)7-8-16-14/h4-10H,3H2,1-2H3. The third-order valence-electron chi connectivity index (χ3n) is 2.75. The van der Waals surface area contributed by atoms with Gasteiger partial charge in [0, 0.05) is 11.8 Å². The average molecular weight is 225 g/mol. The van der Waals surface area contributed by atoms with Crippen LogP contribution < -0.4 is 0 Å². The van der Waals surface area contributed by atoms with Crippen LogP contribution in [0.1, 0.15) is 34.1 Å². The zero-order chi connectivity index (χ0) is 12.3. The fraction of sp³-hybridized carbons (Fsp3) is 0.200. The van der Waals surface area contributed by atoms with Crippen molar-refractivity contribution in [3.8, 4) is 0 Å². The van der Waals surface area contributed by atoms with E-state index >= 15 is 0 Å². The van der Waals surface area contributed by atoms with Gasteiger partial charge in [-0.25, -0.2) is 0 Å². The van der Waals surface area contributed by atoms with E-state index in [9.17, 15) is 4.79 Å². The summed E-state index contributed by atoms with van der Waals surface area (Å²) in [4.78, 5) is 16.3. The fourth-order valence-electron chi connectivity index (χ4n) is 1.74. The van der Waals surface area contributed by atoms with Crippen LogP contribution in [0.4, 0.5) is 0 Å². The summed E-state index contributed by atoms with van der Waals surface area (Å²) in [6.45, 7) is 4.04. The van der Waals surface area contributed by atoms with Gasteiger partial charge in [0.2, 0.25) is 5.78 Å². The Morgan fingerprint density at radius 2 is 2.06 bits per heavy atom. The van der Waals surface area contributed by atoms with Gasteiger partial charge < -0.3 is 0 Å². The number of aromatic nitrogens is 1. The van der Waals surface area contributed by atoms with Crippen molar-refractivity contribution in [2.75, 3.05) is 0 Å². The highest BCUT2D eigenvalue weighted by Crippen LogP contribution is 2.11. The zero-order valence-electron chi connectivity index (χ0n) is 10.1. The summed E-state index contributed by atoms with van der Waals surface area (Å²) in [5.41, 5.74) is 3.44. The van der Waals surface area contributed by atoms with Crippen molar-refractivity contribution in [2.45, 2.75) is 20.3 Å². The predicted molar refractivity (Wildman–Crippen MR) is 68.2 cm³/mol. The van der Waals surface area contributed by atoms with Crippen molar-refractivity contribution in [3.63, 3.8) is 0 Å². The molecule has 1 aromatic heterocycles. The molecule has 0 fully saturated rings. The molecule has 0 aliphatic rings. The third-order valence-corrected chi connectivity index (χ3v) is 2.75. The second-order valence-electron chi connectivity index (χ2n) is 4.10. The summed E-state index contributed by atoms with van der Waals surface area (Å²) < 4.78 is 0. The van der Waals surface area contributed by atoms with E-state index in [4.69, 9.17) is 0 Å². The van der Waals surface area contributed by atoms with Gasteiger partial charge in [0.25, 0.3) is 0 Å². The number of hydrogen-bond acceptors (Lipinski definition) is 2. The van der Waals surface area contributed by atoms with Crippen molar-refractivity contribution in [3.05, 3.63) is 65.0 Å². The van der Waals surface area contributed by atoms with Crippen LogP contribution in [0.15, 0.2) is 42.6 Å². The number of hydrogen-bond donors (Lipinski definition) is 0. The Morgan fingerprint density at radius 3 is 2.76 bits per heavy atom.